The number of hydrazine groups is 1. The Bertz CT molecular complexity index is 273. The van der Waals surface area contributed by atoms with E-state index in [1.807, 2.05) is 5.01 Å². The minimum Gasteiger partial charge on any atom is -0.304 e. The zero-order valence-electron chi connectivity index (χ0n) is 8.82. The third-order valence-electron chi connectivity index (χ3n) is 2.81. The summed E-state index contributed by atoms with van der Waals surface area (Å²) in [6.45, 7) is 3.73. The van der Waals surface area contributed by atoms with Gasteiger partial charge >= 0.3 is 0 Å². The van der Waals surface area contributed by atoms with E-state index >= 15 is 0 Å². The number of rotatable bonds is 2. The fourth-order valence-corrected chi connectivity index (χ4v) is 1.81. The molecule has 2 amide bonds. The van der Waals surface area contributed by atoms with E-state index in [2.05, 4.69) is 22.7 Å². The zero-order chi connectivity index (χ0) is 10.8. The maximum Gasteiger partial charge on any atom is 0.245 e. The number of carbonyl (C=O) groups excluding carboxylic acids is 2. The van der Waals surface area contributed by atoms with Gasteiger partial charge in [-0.1, -0.05) is 0 Å². The Balaban J connectivity index is 1.82. The van der Waals surface area contributed by atoms with Crippen molar-refractivity contribution in [3.05, 3.63) is 0 Å². The van der Waals surface area contributed by atoms with Crippen molar-refractivity contribution in [1.29, 1.82) is 0 Å². The van der Waals surface area contributed by atoms with Crippen molar-refractivity contribution in [3.8, 4) is 0 Å². The maximum atomic E-state index is 11.3. The first-order chi connectivity index (χ1) is 7.15. The average molecular weight is 212 g/mol. The number of nitrogens with one attached hydrogen (secondary N) is 2. The highest BCUT2D eigenvalue weighted by atomic mass is 16.2. The summed E-state index contributed by atoms with van der Waals surface area (Å²) in [7, 11) is 2.07. The van der Waals surface area contributed by atoms with Crippen LogP contribution in [0.3, 0.4) is 0 Å². The van der Waals surface area contributed by atoms with Gasteiger partial charge in [0, 0.05) is 26.2 Å². The van der Waals surface area contributed by atoms with Crippen LogP contribution >= 0.6 is 0 Å². The molecule has 0 aromatic heterocycles. The van der Waals surface area contributed by atoms with Crippen molar-refractivity contribution in [2.75, 3.05) is 33.2 Å². The highest BCUT2D eigenvalue weighted by molar-refractivity contribution is 6.05. The molecule has 15 heavy (non-hydrogen) atoms. The van der Waals surface area contributed by atoms with Crippen LogP contribution in [0.5, 0.6) is 0 Å². The Morgan fingerprint density at radius 3 is 2.47 bits per heavy atom. The molecule has 2 saturated heterocycles. The number of piperazine rings is 1. The van der Waals surface area contributed by atoms with Gasteiger partial charge in [0.2, 0.25) is 11.8 Å². The van der Waals surface area contributed by atoms with Gasteiger partial charge in [0.25, 0.3) is 0 Å². The highest BCUT2D eigenvalue weighted by Crippen LogP contribution is 2.04. The molecule has 6 heteroatoms. The third-order valence-corrected chi connectivity index (χ3v) is 2.81. The van der Waals surface area contributed by atoms with Crippen LogP contribution in [0.25, 0.3) is 0 Å². The number of carbonyl (C=O) groups is 2. The molecule has 0 saturated carbocycles. The third kappa shape index (κ3) is 2.53. The lowest BCUT2D eigenvalue weighted by Crippen LogP contribution is -2.55. The molecular formula is C9H16N4O2. The summed E-state index contributed by atoms with van der Waals surface area (Å²) in [5.74, 6) is -0.398. The van der Waals surface area contributed by atoms with E-state index in [1.165, 1.54) is 0 Å². The van der Waals surface area contributed by atoms with Gasteiger partial charge in [-0.3, -0.25) is 14.9 Å². The van der Waals surface area contributed by atoms with E-state index in [1.54, 1.807) is 0 Å². The largest absolute Gasteiger partial charge is 0.304 e. The SMILES string of the molecule is CN1CCN(NC2CC(=O)NC2=O)CC1. The summed E-state index contributed by atoms with van der Waals surface area (Å²) >= 11 is 0. The van der Waals surface area contributed by atoms with Crippen LogP contribution in [0, 0.1) is 0 Å². The summed E-state index contributed by atoms with van der Waals surface area (Å²) < 4.78 is 0. The first kappa shape index (κ1) is 10.5. The second-order valence-electron chi connectivity index (χ2n) is 4.09. The number of amides is 2. The molecule has 6 nitrogen and oxygen atoms in total. The lowest BCUT2D eigenvalue weighted by Gasteiger charge is -2.33. The molecule has 1 unspecified atom stereocenters. The quantitative estimate of drug-likeness (QED) is 0.526. The monoisotopic (exact) mass is 212 g/mol. The fourth-order valence-electron chi connectivity index (χ4n) is 1.81. The Morgan fingerprint density at radius 2 is 1.93 bits per heavy atom. The van der Waals surface area contributed by atoms with Gasteiger partial charge in [-0.2, -0.15) is 0 Å². The number of nitrogens with zero attached hydrogens (tertiary/aromatic N) is 2. The van der Waals surface area contributed by atoms with Crippen LogP contribution in [0.2, 0.25) is 0 Å². The minimum atomic E-state index is -0.374. The number of hydrogen-bond donors (Lipinski definition) is 2. The van der Waals surface area contributed by atoms with Crippen molar-refractivity contribution in [2.24, 2.45) is 0 Å². The van der Waals surface area contributed by atoms with Crippen LogP contribution in [-0.4, -0.2) is 61.0 Å². The van der Waals surface area contributed by atoms with Gasteiger partial charge in [-0.25, -0.2) is 10.4 Å². The van der Waals surface area contributed by atoms with Gasteiger partial charge in [-0.15, -0.1) is 0 Å². The molecule has 0 aromatic carbocycles. The summed E-state index contributed by atoms with van der Waals surface area (Å²) in [4.78, 5) is 24.5. The van der Waals surface area contributed by atoms with E-state index in [0.29, 0.717) is 0 Å². The predicted octanol–water partition coefficient (Wildman–Crippen LogP) is -1.85. The van der Waals surface area contributed by atoms with Gasteiger partial charge in [0.15, 0.2) is 0 Å². The van der Waals surface area contributed by atoms with Crippen molar-refractivity contribution in [1.82, 2.24) is 20.7 Å². The molecule has 2 aliphatic heterocycles. The standard InChI is InChI=1S/C9H16N4O2/c1-12-2-4-13(5-3-12)11-7-6-8(14)10-9(7)15/h7,11H,2-6H2,1H3,(H,10,14,15). The number of hydrogen-bond acceptors (Lipinski definition) is 5. The van der Waals surface area contributed by atoms with E-state index < -0.39 is 0 Å². The summed E-state index contributed by atoms with van der Waals surface area (Å²) in [6, 6.07) is -0.374. The Morgan fingerprint density at radius 1 is 1.27 bits per heavy atom. The molecule has 84 valence electrons. The van der Waals surface area contributed by atoms with Crippen molar-refractivity contribution in [3.63, 3.8) is 0 Å². The van der Waals surface area contributed by atoms with Crippen LogP contribution in [0.4, 0.5) is 0 Å². The van der Waals surface area contributed by atoms with E-state index in [-0.39, 0.29) is 24.3 Å². The molecule has 2 heterocycles. The smallest absolute Gasteiger partial charge is 0.245 e. The molecule has 1 atom stereocenters. The Labute approximate surface area is 88.6 Å². The maximum absolute atomic E-state index is 11.3. The van der Waals surface area contributed by atoms with Crippen LogP contribution in [0.1, 0.15) is 6.42 Å². The van der Waals surface area contributed by atoms with E-state index in [0.717, 1.165) is 26.2 Å². The Hall–Kier alpha value is -0.980. The second kappa shape index (κ2) is 4.26. The molecule has 2 N–H and O–H groups in total. The average Bonchev–Trinajstić information content (AvgIpc) is 2.49. The second-order valence-corrected chi connectivity index (χ2v) is 4.09. The Kier molecular flexibility index (Phi) is 2.99. The van der Waals surface area contributed by atoms with Crippen LogP contribution in [0.15, 0.2) is 0 Å². The summed E-state index contributed by atoms with van der Waals surface area (Å²) in [5.41, 5.74) is 3.09. The van der Waals surface area contributed by atoms with Gasteiger partial charge < -0.3 is 4.90 Å². The highest BCUT2D eigenvalue weighted by Gasteiger charge is 2.32. The number of imide groups is 1. The van der Waals surface area contributed by atoms with E-state index in [4.69, 9.17) is 0 Å². The normalized spacial score (nSPS) is 29.5. The van der Waals surface area contributed by atoms with Crippen molar-refractivity contribution >= 4 is 11.8 Å². The molecule has 2 aliphatic rings. The first-order valence-electron chi connectivity index (χ1n) is 5.18. The molecule has 0 bridgehead atoms. The van der Waals surface area contributed by atoms with Gasteiger partial charge in [0.05, 0.1) is 6.42 Å². The zero-order valence-corrected chi connectivity index (χ0v) is 8.82. The van der Waals surface area contributed by atoms with Gasteiger partial charge in [0.1, 0.15) is 6.04 Å². The minimum absolute atomic E-state index is 0.188. The first-order valence-corrected chi connectivity index (χ1v) is 5.18. The molecule has 0 aliphatic carbocycles. The summed E-state index contributed by atoms with van der Waals surface area (Å²) in [6.07, 6.45) is 0.255. The molecule has 0 radical (unpaired) electrons. The van der Waals surface area contributed by atoms with Crippen molar-refractivity contribution in [2.45, 2.75) is 12.5 Å². The fraction of sp³-hybridized carbons (Fsp3) is 0.778. The topological polar surface area (TPSA) is 64.7 Å². The van der Waals surface area contributed by atoms with Crippen LogP contribution < -0.4 is 10.7 Å². The lowest BCUT2D eigenvalue weighted by atomic mass is 10.2. The van der Waals surface area contributed by atoms with E-state index in [9.17, 15) is 9.59 Å². The molecule has 0 spiro atoms. The summed E-state index contributed by atoms with van der Waals surface area (Å²) in [5, 5.41) is 4.30. The molecular weight excluding hydrogens is 196 g/mol. The molecule has 2 rings (SSSR count). The molecule has 0 aromatic rings. The molecule has 2 fully saturated rings. The van der Waals surface area contributed by atoms with Crippen LogP contribution in [-0.2, 0) is 9.59 Å². The number of likely N-dealkylation sites (N-methyl/N-ethyl adjacent to an activating group) is 1. The predicted molar refractivity (Wildman–Crippen MR) is 53.8 cm³/mol. The lowest BCUT2D eigenvalue weighted by molar-refractivity contribution is -0.125. The van der Waals surface area contributed by atoms with Crippen molar-refractivity contribution < 1.29 is 9.59 Å². The van der Waals surface area contributed by atoms with Gasteiger partial charge in [-0.05, 0) is 7.05 Å².